The standard InChI is InChI=1S/C12H17N3O3S.ClH/c1-9-8-10(2-3-11(9)19(13,17)18)12(16)15-6-4-14-5-7-15;/h2-3,8,14H,4-7H2,1H3,(H2,13,17,18);1H. The third-order valence-corrected chi connectivity index (χ3v) is 4.20. The molecule has 20 heavy (non-hydrogen) atoms. The van der Waals surface area contributed by atoms with Crippen molar-refractivity contribution in [3.8, 4) is 0 Å². The topological polar surface area (TPSA) is 92.5 Å². The normalized spacial score (nSPS) is 15.6. The van der Waals surface area contributed by atoms with Crippen LogP contribution in [0.4, 0.5) is 0 Å². The average Bonchev–Trinajstić information content (AvgIpc) is 2.37. The minimum atomic E-state index is -3.74. The molecule has 8 heteroatoms. The lowest BCUT2D eigenvalue weighted by Gasteiger charge is -2.27. The number of benzene rings is 1. The van der Waals surface area contributed by atoms with E-state index in [-0.39, 0.29) is 23.2 Å². The van der Waals surface area contributed by atoms with Crippen molar-refractivity contribution in [1.29, 1.82) is 0 Å². The maximum Gasteiger partial charge on any atom is 0.253 e. The second-order valence-electron chi connectivity index (χ2n) is 4.57. The predicted octanol–water partition coefficient (Wildman–Crippen LogP) is 0.110. The van der Waals surface area contributed by atoms with Crippen molar-refractivity contribution in [2.24, 2.45) is 5.14 Å². The first-order valence-corrected chi connectivity index (χ1v) is 7.57. The molecule has 2 rings (SSSR count). The summed E-state index contributed by atoms with van der Waals surface area (Å²) in [7, 11) is -3.74. The first-order chi connectivity index (χ1) is 8.89. The molecule has 1 aromatic rings. The zero-order chi connectivity index (χ0) is 14.0. The number of nitrogens with zero attached hydrogens (tertiary/aromatic N) is 1. The van der Waals surface area contributed by atoms with E-state index in [0.717, 1.165) is 13.1 Å². The number of amides is 1. The molecular formula is C12H18ClN3O3S. The molecule has 0 aromatic heterocycles. The summed E-state index contributed by atoms with van der Waals surface area (Å²) < 4.78 is 22.6. The molecule has 1 aliphatic heterocycles. The summed E-state index contributed by atoms with van der Waals surface area (Å²) in [6, 6.07) is 4.47. The van der Waals surface area contributed by atoms with Crippen LogP contribution in [-0.2, 0) is 10.0 Å². The van der Waals surface area contributed by atoms with E-state index in [1.165, 1.54) is 12.1 Å². The molecule has 0 spiro atoms. The molecule has 1 aliphatic rings. The van der Waals surface area contributed by atoms with E-state index < -0.39 is 10.0 Å². The monoisotopic (exact) mass is 319 g/mol. The van der Waals surface area contributed by atoms with Crippen LogP contribution in [-0.4, -0.2) is 45.4 Å². The SMILES string of the molecule is Cc1cc(C(=O)N2CCNCC2)ccc1S(N)(=O)=O.Cl. The molecule has 1 saturated heterocycles. The molecule has 0 bridgehead atoms. The van der Waals surface area contributed by atoms with E-state index in [1.54, 1.807) is 17.9 Å². The molecule has 0 saturated carbocycles. The summed E-state index contributed by atoms with van der Waals surface area (Å²) in [4.78, 5) is 14.0. The Hall–Kier alpha value is -1.15. The second-order valence-corrected chi connectivity index (χ2v) is 6.10. The van der Waals surface area contributed by atoms with E-state index in [0.29, 0.717) is 24.2 Å². The van der Waals surface area contributed by atoms with Gasteiger partial charge in [0, 0.05) is 31.7 Å². The summed E-state index contributed by atoms with van der Waals surface area (Å²) in [6.07, 6.45) is 0. The van der Waals surface area contributed by atoms with Crippen LogP contribution in [0, 0.1) is 6.92 Å². The van der Waals surface area contributed by atoms with Crippen molar-refractivity contribution < 1.29 is 13.2 Å². The van der Waals surface area contributed by atoms with E-state index >= 15 is 0 Å². The fourth-order valence-electron chi connectivity index (χ4n) is 2.15. The van der Waals surface area contributed by atoms with Gasteiger partial charge in [0.05, 0.1) is 4.90 Å². The number of nitrogens with one attached hydrogen (secondary N) is 1. The van der Waals surface area contributed by atoms with Crippen LogP contribution in [0.25, 0.3) is 0 Å². The molecule has 0 unspecified atom stereocenters. The lowest BCUT2D eigenvalue weighted by Crippen LogP contribution is -2.46. The number of primary sulfonamides is 1. The smallest absolute Gasteiger partial charge is 0.253 e. The van der Waals surface area contributed by atoms with Gasteiger partial charge in [-0.15, -0.1) is 12.4 Å². The quantitative estimate of drug-likeness (QED) is 0.809. The lowest BCUT2D eigenvalue weighted by atomic mass is 10.1. The van der Waals surface area contributed by atoms with Gasteiger partial charge >= 0.3 is 0 Å². The van der Waals surface area contributed by atoms with Gasteiger partial charge in [-0.25, -0.2) is 13.6 Å². The number of nitrogens with two attached hydrogens (primary N) is 1. The first kappa shape index (κ1) is 16.9. The Labute approximate surface area is 124 Å². The second kappa shape index (κ2) is 6.53. The third-order valence-electron chi connectivity index (χ3n) is 3.13. The van der Waals surface area contributed by atoms with Crippen LogP contribution in [0.15, 0.2) is 23.1 Å². The van der Waals surface area contributed by atoms with E-state index in [9.17, 15) is 13.2 Å². The van der Waals surface area contributed by atoms with Crippen molar-refractivity contribution in [3.63, 3.8) is 0 Å². The maximum absolute atomic E-state index is 12.2. The largest absolute Gasteiger partial charge is 0.336 e. The van der Waals surface area contributed by atoms with E-state index in [1.807, 2.05) is 0 Å². The molecule has 1 heterocycles. The molecule has 1 fully saturated rings. The Morgan fingerprint density at radius 1 is 1.30 bits per heavy atom. The summed E-state index contributed by atoms with van der Waals surface area (Å²) in [5, 5.41) is 8.27. The molecule has 6 nitrogen and oxygen atoms in total. The highest BCUT2D eigenvalue weighted by molar-refractivity contribution is 7.89. The molecule has 3 N–H and O–H groups in total. The summed E-state index contributed by atoms with van der Waals surface area (Å²) >= 11 is 0. The number of halogens is 1. The van der Waals surface area contributed by atoms with Crippen molar-refractivity contribution >= 4 is 28.3 Å². The van der Waals surface area contributed by atoms with Crippen LogP contribution in [0.2, 0.25) is 0 Å². The third kappa shape index (κ3) is 3.69. The minimum Gasteiger partial charge on any atom is -0.336 e. The number of rotatable bonds is 2. The number of hydrogen-bond donors (Lipinski definition) is 2. The van der Waals surface area contributed by atoms with Crippen molar-refractivity contribution in [2.75, 3.05) is 26.2 Å². The van der Waals surface area contributed by atoms with Gasteiger partial charge in [-0.2, -0.15) is 0 Å². The molecular weight excluding hydrogens is 302 g/mol. The van der Waals surface area contributed by atoms with Gasteiger partial charge in [0.25, 0.3) is 5.91 Å². The minimum absolute atomic E-state index is 0. The van der Waals surface area contributed by atoms with Gasteiger partial charge < -0.3 is 10.2 Å². The highest BCUT2D eigenvalue weighted by atomic mass is 35.5. The number of hydrogen-bond acceptors (Lipinski definition) is 4. The number of carbonyl (C=O) groups is 1. The Balaban J connectivity index is 0.00000200. The van der Waals surface area contributed by atoms with Gasteiger partial charge in [0.1, 0.15) is 0 Å². The van der Waals surface area contributed by atoms with E-state index in [4.69, 9.17) is 5.14 Å². The molecule has 1 aromatic carbocycles. The zero-order valence-corrected chi connectivity index (χ0v) is 12.8. The van der Waals surface area contributed by atoms with Crippen molar-refractivity contribution in [2.45, 2.75) is 11.8 Å². The van der Waals surface area contributed by atoms with Crippen LogP contribution in [0.1, 0.15) is 15.9 Å². The highest BCUT2D eigenvalue weighted by Crippen LogP contribution is 2.16. The summed E-state index contributed by atoms with van der Waals surface area (Å²) in [6.45, 7) is 4.51. The van der Waals surface area contributed by atoms with Crippen LogP contribution < -0.4 is 10.5 Å². The Morgan fingerprint density at radius 3 is 2.40 bits per heavy atom. The maximum atomic E-state index is 12.2. The lowest BCUT2D eigenvalue weighted by molar-refractivity contribution is 0.0735. The highest BCUT2D eigenvalue weighted by Gasteiger charge is 2.19. The number of carbonyl (C=O) groups excluding carboxylic acids is 1. The average molecular weight is 320 g/mol. The predicted molar refractivity (Wildman–Crippen MR) is 78.6 cm³/mol. The van der Waals surface area contributed by atoms with E-state index in [2.05, 4.69) is 5.32 Å². The summed E-state index contributed by atoms with van der Waals surface area (Å²) in [5.74, 6) is -0.0782. The van der Waals surface area contributed by atoms with Gasteiger partial charge in [-0.1, -0.05) is 0 Å². The number of piperazine rings is 1. The number of sulfonamides is 1. The zero-order valence-electron chi connectivity index (χ0n) is 11.1. The van der Waals surface area contributed by atoms with Gasteiger partial charge in [-0.3, -0.25) is 4.79 Å². The van der Waals surface area contributed by atoms with Gasteiger partial charge in [0.15, 0.2) is 0 Å². The van der Waals surface area contributed by atoms with Crippen LogP contribution in [0.5, 0.6) is 0 Å². The fourth-order valence-corrected chi connectivity index (χ4v) is 2.92. The van der Waals surface area contributed by atoms with Crippen molar-refractivity contribution in [3.05, 3.63) is 29.3 Å². The number of aryl methyl sites for hydroxylation is 1. The van der Waals surface area contributed by atoms with Crippen molar-refractivity contribution in [1.82, 2.24) is 10.2 Å². The van der Waals surface area contributed by atoms with Gasteiger partial charge in [0.2, 0.25) is 10.0 Å². The molecule has 0 atom stereocenters. The van der Waals surface area contributed by atoms with Crippen LogP contribution in [0.3, 0.4) is 0 Å². The Morgan fingerprint density at radius 2 is 1.90 bits per heavy atom. The summed E-state index contributed by atoms with van der Waals surface area (Å²) in [5.41, 5.74) is 0.982. The fraction of sp³-hybridized carbons (Fsp3) is 0.417. The molecule has 1 amide bonds. The molecule has 0 aliphatic carbocycles. The first-order valence-electron chi connectivity index (χ1n) is 6.03. The Bertz CT molecular complexity index is 598. The van der Waals surface area contributed by atoms with Gasteiger partial charge in [-0.05, 0) is 30.7 Å². The Kier molecular flexibility index (Phi) is 5.52. The van der Waals surface area contributed by atoms with Crippen LogP contribution >= 0.6 is 12.4 Å². The molecule has 0 radical (unpaired) electrons. The molecule has 112 valence electrons.